The molecule has 1 heterocycles. The Morgan fingerprint density at radius 3 is 3.00 bits per heavy atom. The second-order valence-electron chi connectivity index (χ2n) is 4.00. The number of aromatic nitrogens is 3. The van der Waals surface area contributed by atoms with E-state index in [0.717, 1.165) is 31.4 Å². The fraction of sp³-hybridized carbons (Fsp3) is 0.778. The van der Waals surface area contributed by atoms with E-state index in [0.29, 0.717) is 6.54 Å². The Morgan fingerprint density at radius 2 is 2.36 bits per heavy atom. The first-order valence-electron chi connectivity index (χ1n) is 4.96. The summed E-state index contributed by atoms with van der Waals surface area (Å²) in [6.45, 7) is -0.100. The third kappa shape index (κ3) is 2.09. The molecule has 0 unspecified atom stereocenters. The lowest BCUT2D eigenvalue weighted by atomic mass is 10.1. The van der Waals surface area contributed by atoms with Crippen LogP contribution in [0.25, 0.3) is 0 Å². The number of nitrogens with zero attached hydrogens (tertiary/aromatic N) is 3. The van der Waals surface area contributed by atoms with Gasteiger partial charge in [0.2, 0.25) is 0 Å². The quantitative estimate of drug-likeness (QED) is 0.756. The van der Waals surface area contributed by atoms with E-state index in [4.69, 9.17) is 5.73 Å². The Hall–Kier alpha value is -0.970. The summed E-state index contributed by atoms with van der Waals surface area (Å²) in [5.41, 5.74) is 7.00. The smallest absolute Gasteiger partial charge is 0.109 e. The van der Waals surface area contributed by atoms with Gasteiger partial charge < -0.3 is 5.73 Å². The predicted molar refractivity (Wildman–Crippen MR) is 50.5 cm³/mol. The molecule has 2 rings (SSSR count). The number of aryl methyl sites for hydroxylation is 2. The molecule has 2 N–H and O–H groups in total. The topological polar surface area (TPSA) is 56.7 Å². The molecule has 1 fully saturated rings. The highest BCUT2D eigenvalue weighted by Gasteiger charge is 2.37. The largest absolute Gasteiger partial charge is 0.325 e. The standard InChI is InChI=1S/C9H15FN4/c10-5-6-14-8(7-12-13-14)1-2-9(11)3-4-9/h7H,1-6,11H2. The van der Waals surface area contributed by atoms with Gasteiger partial charge in [-0.05, 0) is 25.7 Å². The molecular weight excluding hydrogens is 183 g/mol. The van der Waals surface area contributed by atoms with E-state index in [-0.39, 0.29) is 5.54 Å². The molecule has 14 heavy (non-hydrogen) atoms. The van der Waals surface area contributed by atoms with Crippen LogP contribution in [0.1, 0.15) is 25.0 Å². The molecule has 0 aliphatic heterocycles. The van der Waals surface area contributed by atoms with Crippen molar-refractivity contribution < 1.29 is 4.39 Å². The zero-order valence-corrected chi connectivity index (χ0v) is 8.12. The van der Waals surface area contributed by atoms with Gasteiger partial charge in [-0.25, -0.2) is 9.07 Å². The monoisotopic (exact) mass is 198 g/mol. The van der Waals surface area contributed by atoms with Crippen molar-refractivity contribution in [3.05, 3.63) is 11.9 Å². The van der Waals surface area contributed by atoms with E-state index in [2.05, 4.69) is 10.3 Å². The summed E-state index contributed by atoms with van der Waals surface area (Å²) in [5, 5.41) is 7.58. The van der Waals surface area contributed by atoms with Gasteiger partial charge >= 0.3 is 0 Å². The van der Waals surface area contributed by atoms with E-state index >= 15 is 0 Å². The van der Waals surface area contributed by atoms with Crippen molar-refractivity contribution in [3.63, 3.8) is 0 Å². The van der Waals surface area contributed by atoms with Crippen molar-refractivity contribution in [2.24, 2.45) is 5.73 Å². The van der Waals surface area contributed by atoms with Crippen LogP contribution < -0.4 is 5.73 Å². The number of hydrogen-bond donors (Lipinski definition) is 1. The van der Waals surface area contributed by atoms with E-state index < -0.39 is 6.67 Å². The van der Waals surface area contributed by atoms with Gasteiger partial charge in [0, 0.05) is 5.54 Å². The summed E-state index contributed by atoms with van der Waals surface area (Å²) < 4.78 is 13.7. The Balaban J connectivity index is 1.91. The van der Waals surface area contributed by atoms with Crippen LogP contribution in [0.3, 0.4) is 0 Å². The SMILES string of the molecule is NC1(CCc2cnnn2CCF)CC1. The average Bonchev–Trinajstić information content (AvgIpc) is 2.75. The Morgan fingerprint density at radius 1 is 1.57 bits per heavy atom. The minimum atomic E-state index is -0.399. The van der Waals surface area contributed by atoms with Gasteiger partial charge in [-0.2, -0.15) is 0 Å². The molecule has 1 aromatic heterocycles. The Bertz CT molecular complexity index is 306. The number of rotatable bonds is 5. The van der Waals surface area contributed by atoms with Crippen molar-refractivity contribution in [2.45, 2.75) is 37.8 Å². The van der Waals surface area contributed by atoms with Crippen LogP contribution in [0.5, 0.6) is 0 Å². The molecule has 78 valence electrons. The summed E-state index contributed by atoms with van der Waals surface area (Å²) in [6.07, 6.45) is 5.72. The van der Waals surface area contributed by atoms with Gasteiger partial charge in [0.05, 0.1) is 18.4 Å². The molecule has 0 saturated heterocycles. The van der Waals surface area contributed by atoms with Crippen LogP contribution in [-0.4, -0.2) is 27.2 Å². The van der Waals surface area contributed by atoms with Gasteiger partial charge in [-0.1, -0.05) is 5.21 Å². The van der Waals surface area contributed by atoms with Gasteiger partial charge in [0.25, 0.3) is 0 Å². The summed E-state index contributed by atoms with van der Waals surface area (Å²) in [7, 11) is 0. The van der Waals surface area contributed by atoms with Crippen LogP contribution in [0.2, 0.25) is 0 Å². The van der Waals surface area contributed by atoms with Crippen LogP contribution in [0.4, 0.5) is 4.39 Å². The zero-order valence-electron chi connectivity index (χ0n) is 8.12. The van der Waals surface area contributed by atoms with Gasteiger partial charge in [0.1, 0.15) is 6.67 Å². The molecule has 0 bridgehead atoms. The molecule has 0 radical (unpaired) electrons. The molecule has 5 heteroatoms. The fourth-order valence-electron chi connectivity index (χ4n) is 1.53. The molecule has 1 saturated carbocycles. The van der Waals surface area contributed by atoms with Crippen LogP contribution in [0, 0.1) is 0 Å². The van der Waals surface area contributed by atoms with E-state index in [1.54, 1.807) is 10.9 Å². The lowest BCUT2D eigenvalue weighted by Crippen LogP contribution is -2.22. The molecule has 1 aliphatic rings. The highest BCUT2D eigenvalue weighted by Crippen LogP contribution is 2.36. The maximum atomic E-state index is 12.1. The molecule has 0 aromatic carbocycles. The maximum absolute atomic E-state index is 12.1. The molecule has 1 aliphatic carbocycles. The van der Waals surface area contributed by atoms with Crippen LogP contribution in [0.15, 0.2) is 6.20 Å². The average molecular weight is 198 g/mol. The predicted octanol–water partition coefficient (Wildman–Crippen LogP) is 0.671. The van der Waals surface area contributed by atoms with Crippen molar-refractivity contribution in [1.29, 1.82) is 0 Å². The molecule has 0 atom stereocenters. The summed E-state index contributed by atoms with van der Waals surface area (Å²) in [6, 6.07) is 0. The normalized spacial score (nSPS) is 18.4. The van der Waals surface area contributed by atoms with Crippen molar-refractivity contribution >= 4 is 0 Å². The molecule has 0 amide bonds. The highest BCUT2D eigenvalue weighted by atomic mass is 19.1. The molecule has 1 aromatic rings. The minimum absolute atomic E-state index is 0.0464. The van der Waals surface area contributed by atoms with Crippen molar-refractivity contribution in [3.8, 4) is 0 Å². The number of nitrogens with two attached hydrogens (primary N) is 1. The van der Waals surface area contributed by atoms with Crippen molar-refractivity contribution in [2.75, 3.05) is 6.67 Å². The molecule has 0 spiro atoms. The van der Waals surface area contributed by atoms with E-state index in [1.165, 1.54) is 0 Å². The van der Waals surface area contributed by atoms with Crippen molar-refractivity contribution in [1.82, 2.24) is 15.0 Å². The van der Waals surface area contributed by atoms with Gasteiger partial charge in [-0.15, -0.1) is 5.10 Å². The summed E-state index contributed by atoms with van der Waals surface area (Å²) in [4.78, 5) is 0. The van der Waals surface area contributed by atoms with E-state index in [9.17, 15) is 4.39 Å². The number of hydrogen-bond acceptors (Lipinski definition) is 3. The second-order valence-corrected chi connectivity index (χ2v) is 4.00. The third-order valence-corrected chi connectivity index (χ3v) is 2.77. The second kappa shape index (κ2) is 3.65. The lowest BCUT2D eigenvalue weighted by Gasteiger charge is -2.08. The maximum Gasteiger partial charge on any atom is 0.109 e. The Labute approximate surface area is 82.3 Å². The number of alkyl halides is 1. The van der Waals surface area contributed by atoms with Crippen LogP contribution >= 0.6 is 0 Å². The van der Waals surface area contributed by atoms with E-state index in [1.807, 2.05) is 0 Å². The molecule has 4 nitrogen and oxygen atoms in total. The third-order valence-electron chi connectivity index (χ3n) is 2.77. The van der Waals surface area contributed by atoms with Crippen LogP contribution in [-0.2, 0) is 13.0 Å². The lowest BCUT2D eigenvalue weighted by molar-refractivity contribution is 0.412. The molecular formula is C9H15FN4. The summed E-state index contributed by atoms with van der Waals surface area (Å²) in [5.74, 6) is 0. The fourth-order valence-corrected chi connectivity index (χ4v) is 1.53. The first-order chi connectivity index (χ1) is 6.73. The zero-order chi connectivity index (χ0) is 10.0. The highest BCUT2D eigenvalue weighted by molar-refractivity contribution is 5.03. The minimum Gasteiger partial charge on any atom is -0.325 e. The summed E-state index contributed by atoms with van der Waals surface area (Å²) >= 11 is 0. The number of halogens is 1. The first kappa shape index (κ1) is 9.58. The van der Waals surface area contributed by atoms with Gasteiger partial charge in [0.15, 0.2) is 0 Å². The van der Waals surface area contributed by atoms with Gasteiger partial charge in [-0.3, -0.25) is 0 Å². The Kier molecular flexibility index (Phi) is 2.50. The first-order valence-corrected chi connectivity index (χ1v) is 4.96.